The van der Waals surface area contributed by atoms with E-state index < -0.39 is 22.4 Å². The van der Waals surface area contributed by atoms with E-state index in [-0.39, 0.29) is 4.47 Å². The second-order valence-electron chi connectivity index (χ2n) is 2.36. The predicted molar refractivity (Wildman–Crippen MR) is 44.6 cm³/mol. The fourth-order valence-electron chi connectivity index (χ4n) is 0.778. The van der Waals surface area contributed by atoms with Crippen LogP contribution in [0.4, 0.5) is 18.9 Å². The van der Waals surface area contributed by atoms with Gasteiger partial charge in [-0.3, -0.25) is 10.1 Å². The first kappa shape index (κ1) is 11.0. The molecule has 1 aromatic carbocycles. The minimum atomic E-state index is -4.63. The average molecular weight is 269 g/mol. The molecule has 7 heteroatoms. The van der Waals surface area contributed by atoms with Crippen molar-refractivity contribution in [1.29, 1.82) is 0 Å². The Labute approximate surface area is 84.8 Å². The Hall–Kier alpha value is -1.11. The van der Waals surface area contributed by atoms with Crippen molar-refractivity contribution in [2.24, 2.45) is 0 Å². The van der Waals surface area contributed by atoms with Crippen LogP contribution in [0.15, 0.2) is 16.6 Å². The van der Waals surface area contributed by atoms with Gasteiger partial charge in [-0.2, -0.15) is 13.2 Å². The van der Waals surface area contributed by atoms with Crippen LogP contribution in [0.1, 0.15) is 5.56 Å². The molecule has 0 aromatic heterocycles. The summed E-state index contributed by atoms with van der Waals surface area (Å²) in [5.41, 5.74) is -1.79. The van der Waals surface area contributed by atoms with Crippen LogP contribution in [-0.2, 0) is 6.18 Å². The zero-order valence-corrected chi connectivity index (χ0v) is 8.02. The lowest BCUT2D eigenvalue weighted by Gasteiger charge is -2.05. The van der Waals surface area contributed by atoms with Gasteiger partial charge in [-0.25, -0.2) is 0 Å². The van der Waals surface area contributed by atoms with Crippen molar-refractivity contribution in [2.45, 2.75) is 6.18 Å². The molecule has 0 saturated carbocycles. The van der Waals surface area contributed by atoms with Gasteiger partial charge in [0, 0.05) is 22.7 Å². The number of non-ortho nitro benzene ring substituents is 1. The van der Waals surface area contributed by atoms with Crippen LogP contribution in [0, 0.1) is 16.2 Å². The molecule has 0 unspecified atom stereocenters. The molecular formula is C7H2BrF3NO2. The Morgan fingerprint density at radius 3 is 2.43 bits per heavy atom. The van der Waals surface area contributed by atoms with Gasteiger partial charge in [0.2, 0.25) is 0 Å². The summed E-state index contributed by atoms with van der Waals surface area (Å²) in [6.45, 7) is 0. The Balaban J connectivity index is 3.28. The van der Waals surface area contributed by atoms with Crippen molar-refractivity contribution in [1.82, 2.24) is 0 Å². The molecule has 0 aliphatic rings. The summed E-state index contributed by atoms with van der Waals surface area (Å²) in [4.78, 5) is 9.34. The third kappa shape index (κ3) is 2.44. The van der Waals surface area contributed by atoms with Gasteiger partial charge in [0.25, 0.3) is 5.69 Å². The molecule has 3 nitrogen and oxygen atoms in total. The smallest absolute Gasteiger partial charge is 0.258 e. The Kier molecular flexibility index (Phi) is 2.79. The van der Waals surface area contributed by atoms with Crippen molar-refractivity contribution in [2.75, 3.05) is 0 Å². The van der Waals surface area contributed by atoms with Gasteiger partial charge < -0.3 is 0 Å². The molecule has 0 saturated heterocycles. The van der Waals surface area contributed by atoms with Crippen LogP contribution in [-0.4, -0.2) is 4.92 Å². The fourth-order valence-corrected chi connectivity index (χ4v) is 1.23. The van der Waals surface area contributed by atoms with E-state index in [0.717, 1.165) is 6.07 Å². The van der Waals surface area contributed by atoms with Crippen molar-refractivity contribution in [3.8, 4) is 0 Å². The summed E-state index contributed by atoms with van der Waals surface area (Å²) in [5.74, 6) is 0. The lowest BCUT2D eigenvalue weighted by Crippen LogP contribution is -2.05. The summed E-state index contributed by atoms with van der Waals surface area (Å²) in [5, 5.41) is 10.2. The molecule has 0 N–H and O–H groups in total. The number of alkyl halides is 3. The highest BCUT2D eigenvalue weighted by Crippen LogP contribution is 2.33. The van der Waals surface area contributed by atoms with E-state index in [1.54, 1.807) is 0 Å². The molecule has 1 rings (SSSR count). The van der Waals surface area contributed by atoms with E-state index in [0.29, 0.717) is 6.07 Å². The quantitative estimate of drug-likeness (QED) is 0.580. The molecule has 0 amide bonds. The second kappa shape index (κ2) is 3.56. The third-order valence-electron chi connectivity index (χ3n) is 1.34. The largest absolute Gasteiger partial charge is 0.417 e. The van der Waals surface area contributed by atoms with Gasteiger partial charge in [0.05, 0.1) is 10.5 Å². The van der Waals surface area contributed by atoms with E-state index in [9.17, 15) is 23.3 Å². The normalized spacial score (nSPS) is 11.4. The average Bonchev–Trinajstić information content (AvgIpc) is 2.01. The van der Waals surface area contributed by atoms with Gasteiger partial charge in [-0.1, -0.05) is 0 Å². The first-order valence-electron chi connectivity index (χ1n) is 3.25. The van der Waals surface area contributed by atoms with E-state index in [1.165, 1.54) is 0 Å². The Morgan fingerprint density at radius 1 is 1.43 bits per heavy atom. The number of hydrogen-bond acceptors (Lipinski definition) is 2. The zero-order valence-electron chi connectivity index (χ0n) is 6.43. The summed E-state index contributed by atoms with van der Waals surface area (Å²) < 4.78 is 36.3. The topological polar surface area (TPSA) is 43.1 Å². The first-order valence-corrected chi connectivity index (χ1v) is 4.04. The lowest BCUT2D eigenvalue weighted by molar-refractivity contribution is -0.385. The molecule has 0 atom stereocenters. The molecule has 0 spiro atoms. The van der Waals surface area contributed by atoms with Gasteiger partial charge in [-0.05, 0) is 15.9 Å². The fraction of sp³-hybridized carbons (Fsp3) is 0.143. The Bertz CT molecular complexity index is 378. The van der Waals surface area contributed by atoms with E-state index >= 15 is 0 Å². The number of nitro benzene ring substituents is 1. The number of nitrogens with zero attached hydrogens (tertiary/aromatic N) is 1. The van der Waals surface area contributed by atoms with E-state index in [4.69, 9.17) is 0 Å². The highest BCUT2D eigenvalue weighted by Gasteiger charge is 2.32. The predicted octanol–water partition coefficient (Wildman–Crippen LogP) is 3.18. The monoisotopic (exact) mass is 268 g/mol. The van der Waals surface area contributed by atoms with Gasteiger partial charge >= 0.3 is 6.18 Å². The number of benzene rings is 1. The highest BCUT2D eigenvalue weighted by atomic mass is 79.9. The van der Waals surface area contributed by atoms with Crippen molar-refractivity contribution >= 4 is 21.6 Å². The molecule has 0 heterocycles. The van der Waals surface area contributed by atoms with Gasteiger partial charge in [-0.15, -0.1) is 0 Å². The lowest BCUT2D eigenvalue weighted by atomic mass is 10.2. The molecule has 0 aliphatic heterocycles. The molecule has 0 bridgehead atoms. The van der Waals surface area contributed by atoms with Crippen LogP contribution in [0.3, 0.4) is 0 Å². The molecular weight excluding hydrogens is 267 g/mol. The Morgan fingerprint density at radius 2 is 2.00 bits per heavy atom. The summed E-state index contributed by atoms with van der Waals surface area (Å²) >= 11 is 2.71. The van der Waals surface area contributed by atoms with Crippen molar-refractivity contribution < 1.29 is 18.1 Å². The summed E-state index contributed by atoms with van der Waals surface area (Å²) in [7, 11) is 0. The summed E-state index contributed by atoms with van der Waals surface area (Å²) in [6, 6.07) is 3.32. The minimum Gasteiger partial charge on any atom is -0.258 e. The molecule has 0 fully saturated rings. The second-order valence-corrected chi connectivity index (χ2v) is 3.21. The van der Waals surface area contributed by atoms with Gasteiger partial charge in [0.1, 0.15) is 0 Å². The van der Waals surface area contributed by atoms with Crippen molar-refractivity contribution in [3.05, 3.63) is 38.3 Å². The van der Waals surface area contributed by atoms with E-state index in [1.807, 2.05) is 6.07 Å². The SMILES string of the molecule is O=[N+]([O-])c1cc(Br)[c]c(C(F)(F)F)c1. The maximum absolute atomic E-state index is 12.1. The summed E-state index contributed by atoms with van der Waals surface area (Å²) in [6.07, 6.45) is -4.63. The number of nitro groups is 1. The molecule has 14 heavy (non-hydrogen) atoms. The minimum absolute atomic E-state index is 0.0981. The molecule has 75 valence electrons. The third-order valence-corrected chi connectivity index (χ3v) is 1.76. The standard InChI is InChI=1S/C7H2BrF3NO2/c8-5-1-4(7(9,10)11)2-6(3-5)12(13)14/h2-3H. The highest BCUT2D eigenvalue weighted by molar-refractivity contribution is 9.10. The molecule has 0 aliphatic carbocycles. The van der Waals surface area contributed by atoms with Crippen LogP contribution in [0.25, 0.3) is 0 Å². The van der Waals surface area contributed by atoms with Crippen LogP contribution in [0.5, 0.6) is 0 Å². The number of rotatable bonds is 1. The van der Waals surface area contributed by atoms with Gasteiger partial charge in [0.15, 0.2) is 0 Å². The van der Waals surface area contributed by atoms with Crippen LogP contribution in [0.2, 0.25) is 0 Å². The molecule has 1 aromatic rings. The maximum Gasteiger partial charge on any atom is 0.417 e. The van der Waals surface area contributed by atoms with Crippen LogP contribution < -0.4 is 0 Å². The number of halogens is 4. The maximum atomic E-state index is 12.1. The van der Waals surface area contributed by atoms with Crippen LogP contribution >= 0.6 is 15.9 Å². The van der Waals surface area contributed by atoms with E-state index in [2.05, 4.69) is 15.9 Å². The zero-order chi connectivity index (χ0) is 10.9. The first-order chi connectivity index (χ1) is 6.30. The van der Waals surface area contributed by atoms with Crippen molar-refractivity contribution in [3.63, 3.8) is 0 Å². The number of hydrogen-bond donors (Lipinski definition) is 0. The molecule has 1 radical (unpaired) electrons.